The van der Waals surface area contributed by atoms with E-state index in [0.29, 0.717) is 0 Å². The number of halogens is 1. The molecule has 1 atom stereocenters. The lowest BCUT2D eigenvalue weighted by molar-refractivity contribution is 0.122. The van der Waals surface area contributed by atoms with Gasteiger partial charge >= 0.3 is 0 Å². The molecule has 0 aromatic heterocycles. The van der Waals surface area contributed by atoms with Crippen molar-refractivity contribution < 1.29 is 9.84 Å². The Morgan fingerprint density at radius 1 is 1.38 bits per heavy atom. The minimum atomic E-state index is -0.437. The zero-order valence-corrected chi connectivity index (χ0v) is 10.9. The van der Waals surface area contributed by atoms with Crippen LogP contribution in [0.25, 0.3) is 0 Å². The molecule has 0 radical (unpaired) electrons. The second kappa shape index (κ2) is 5.17. The number of aliphatic hydroxyl groups excluding tert-OH is 1. The Hall–Kier alpha value is -0.580. The van der Waals surface area contributed by atoms with E-state index in [0.717, 1.165) is 36.3 Å². The third kappa shape index (κ3) is 2.56. The normalized spacial score (nSPS) is 18.6. The summed E-state index contributed by atoms with van der Waals surface area (Å²) < 4.78 is 6.28. The molecule has 0 unspecified atom stereocenters. The molecule has 1 aromatic rings. The van der Waals surface area contributed by atoms with Gasteiger partial charge in [0.1, 0.15) is 0 Å². The van der Waals surface area contributed by atoms with E-state index >= 15 is 0 Å². The van der Waals surface area contributed by atoms with Crippen molar-refractivity contribution in [3.05, 3.63) is 28.2 Å². The highest BCUT2D eigenvalue weighted by molar-refractivity contribution is 9.10. The summed E-state index contributed by atoms with van der Waals surface area (Å²) in [5.74, 6) is 0. The summed E-state index contributed by atoms with van der Waals surface area (Å²) in [4.78, 5) is 2.29. The molecule has 1 fully saturated rings. The molecule has 1 aliphatic rings. The fraction of sp³-hybridized carbons (Fsp3) is 0.500. The quantitative estimate of drug-likeness (QED) is 0.905. The van der Waals surface area contributed by atoms with E-state index in [9.17, 15) is 5.11 Å². The van der Waals surface area contributed by atoms with Crippen LogP contribution < -0.4 is 4.90 Å². The average molecular weight is 286 g/mol. The molecule has 0 saturated carbocycles. The first-order valence-electron chi connectivity index (χ1n) is 5.48. The Bertz CT molecular complexity index is 362. The van der Waals surface area contributed by atoms with E-state index in [1.807, 2.05) is 6.07 Å². The largest absolute Gasteiger partial charge is 0.389 e. The predicted octanol–water partition coefficient (Wildman–Crippen LogP) is 2.34. The van der Waals surface area contributed by atoms with Gasteiger partial charge in [0.25, 0.3) is 0 Å². The van der Waals surface area contributed by atoms with Crippen LogP contribution in [0.1, 0.15) is 18.6 Å². The number of hydrogen-bond acceptors (Lipinski definition) is 3. The molecule has 0 spiro atoms. The lowest BCUT2D eigenvalue weighted by atomic mass is 10.1. The summed E-state index contributed by atoms with van der Waals surface area (Å²) in [5, 5.41) is 9.54. The van der Waals surface area contributed by atoms with Crippen LogP contribution in [0, 0.1) is 0 Å². The number of nitrogens with zero attached hydrogens (tertiary/aromatic N) is 1. The van der Waals surface area contributed by atoms with Crippen LogP contribution in [0.5, 0.6) is 0 Å². The zero-order chi connectivity index (χ0) is 11.5. The van der Waals surface area contributed by atoms with Crippen LogP contribution >= 0.6 is 15.9 Å². The maximum absolute atomic E-state index is 9.54. The van der Waals surface area contributed by atoms with Gasteiger partial charge in [-0.25, -0.2) is 0 Å². The summed E-state index contributed by atoms with van der Waals surface area (Å²) in [6.45, 7) is 5.21. The summed E-state index contributed by atoms with van der Waals surface area (Å²) in [6.07, 6.45) is -0.437. The fourth-order valence-electron chi connectivity index (χ4n) is 1.87. The summed E-state index contributed by atoms with van der Waals surface area (Å²) in [5.41, 5.74) is 2.11. The number of ether oxygens (including phenoxy) is 1. The monoisotopic (exact) mass is 285 g/mol. The van der Waals surface area contributed by atoms with E-state index in [4.69, 9.17) is 4.74 Å². The predicted molar refractivity (Wildman–Crippen MR) is 67.8 cm³/mol. The van der Waals surface area contributed by atoms with Gasteiger partial charge in [-0.05, 0) is 24.6 Å². The number of hydrogen-bond donors (Lipinski definition) is 1. The molecule has 0 bridgehead atoms. The summed E-state index contributed by atoms with van der Waals surface area (Å²) >= 11 is 3.50. The Kier molecular flexibility index (Phi) is 3.84. The molecule has 88 valence electrons. The van der Waals surface area contributed by atoms with Crippen molar-refractivity contribution in [1.29, 1.82) is 0 Å². The van der Waals surface area contributed by atoms with Gasteiger partial charge in [0.2, 0.25) is 0 Å². The highest BCUT2D eigenvalue weighted by Gasteiger charge is 2.13. The van der Waals surface area contributed by atoms with Crippen LogP contribution in [0.3, 0.4) is 0 Å². The topological polar surface area (TPSA) is 32.7 Å². The van der Waals surface area contributed by atoms with E-state index in [2.05, 4.69) is 33.0 Å². The second-order valence-electron chi connectivity index (χ2n) is 3.98. The molecule has 1 heterocycles. The molecule has 1 N–H and O–H groups in total. The maximum Gasteiger partial charge on any atom is 0.0772 e. The Balaban J connectivity index is 2.19. The van der Waals surface area contributed by atoms with Crippen molar-refractivity contribution in [2.45, 2.75) is 13.0 Å². The minimum Gasteiger partial charge on any atom is -0.389 e. The smallest absolute Gasteiger partial charge is 0.0772 e. The van der Waals surface area contributed by atoms with E-state index < -0.39 is 6.10 Å². The average Bonchev–Trinajstić information content (AvgIpc) is 2.29. The second-order valence-corrected chi connectivity index (χ2v) is 4.84. The molecule has 4 heteroatoms. The molecular formula is C12H16BrNO2. The van der Waals surface area contributed by atoms with Crippen molar-refractivity contribution in [1.82, 2.24) is 0 Å². The molecule has 1 aliphatic heterocycles. The number of rotatable bonds is 2. The van der Waals surface area contributed by atoms with Gasteiger partial charge in [0.15, 0.2) is 0 Å². The third-order valence-corrected chi connectivity index (χ3v) is 3.50. The number of aliphatic hydroxyl groups is 1. The van der Waals surface area contributed by atoms with E-state index in [1.54, 1.807) is 6.92 Å². The molecule has 16 heavy (non-hydrogen) atoms. The molecule has 0 aliphatic carbocycles. The number of morpholine rings is 1. The Morgan fingerprint density at radius 2 is 2.06 bits per heavy atom. The van der Waals surface area contributed by atoms with Gasteiger partial charge < -0.3 is 14.7 Å². The zero-order valence-electron chi connectivity index (χ0n) is 9.32. The highest BCUT2D eigenvalue weighted by atomic mass is 79.9. The Morgan fingerprint density at radius 3 is 2.62 bits per heavy atom. The van der Waals surface area contributed by atoms with Gasteiger partial charge in [-0.15, -0.1) is 0 Å². The first kappa shape index (κ1) is 11.9. The summed E-state index contributed by atoms with van der Waals surface area (Å²) in [7, 11) is 0. The van der Waals surface area contributed by atoms with E-state index in [1.165, 1.54) is 5.69 Å². The Labute approximate surface area is 104 Å². The standard InChI is InChI=1S/C12H16BrNO2/c1-9(15)11-3-2-10(8-12(11)13)14-4-6-16-7-5-14/h2-3,8-9,15H,4-7H2,1H3/t9-/m0/s1. The van der Waals surface area contributed by atoms with Gasteiger partial charge in [0, 0.05) is 23.2 Å². The lowest BCUT2D eigenvalue weighted by Crippen LogP contribution is -2.36. The van der Waals surface area contributed by atoms with Crippen molar-refractivity contribution in [2.24, 2.45) is 0 Å². The molecule has 1 aromatic carbocycles. The van der Waals surface area contributed by atoms with Crippen LogP contribution in [0.2, 0.25) is 0 Å². The molecule has 1 saturated heterocycles. The van der Waals surface area contributed by atoms with Crippen molar-refractivity contribution in [3.63, 3.8) is 0 Å². The minimum absolute atomic E-state index is 0.437. The van der Waals surface area contributed by atoms with Gasteiger partial charge in [-0.2, -0.15) is 0 Å². The first-order valence-corrected chi connectivity index (χ1v) is 6.28. The number of benzene rings is 1. The van der Waals surface area contributed by atoms with Crippen LogP contribution in [0.4, 0.5) is 5.69 Å². The van der Waals surface area contributed by atoms with Gasteiger partial charge in [0.05, 0.1) is 19.3 Å². The van der Waals surface area contributed by atoms with Gasteiger partial charge in [-0.1, -0.05) is 22.0 Å². The van der Waals surface area contributed by atoms with E-state index in [-0.39, 0.29) is 0 Å². The van der Waals surface area contributed by atoms with Crippen LogP contribution in [0.15, 0.2) is 22.7 Å². The fourth-order valence-corrected chi connectivity index (χ4v) is 2.57. The van der Waals surface area contributed by atoms with Crippen molar-refractivity contribution >= 4 is 21.6 Å². The third-order valence-electron chi connectivity index (χ3n) is 2.81. The van der Waals surface area contributed by atoms with Gasteiger partial charge in [-0.3, -0.25) is 0 Å². The van der Waals surface area contributed by atoms with Crippen molar-refractivity contribution in [2.75, 3.05) is 31.2 Å². The SMILES string of the molecule is C[C@H](O)c1ccc(N2CCOCC2)cc1Br. The first-order chi connectivity index (χ1) is 7.68. The van der Waals surface area contributed by atoms with Crippen molar-refractivity contribution in [3.8, 4) is 0 Å². The van der Waals surface area contributed by atoms with Crippen LogP contribution in [-0.4, -0.2) is 31.4 Å². The summed E-state index contributed by atoms with van der Waals surface area (Å²) in [6, 6.07) is 6.09. The number of anilines is 1. The molecular weight excluding hydrogens is 270 g/mol. The molecule has 0 amide bonds. The maximum atomic E-state index is 9.54. The molecule has 3 nitrogen and oxygen atoms in total. The highest BCUT2D eigenvalue weighted by Crippen LogP contribution is 2.28. The van der Waals surface area contributed by atoms with Crippen LogP contribution in [-0.2, 0) is 4.74 Å². The lowest BCUT2D eigenvalue weighted by Gasteiger charge is -2.29. The molecule has 2 rings (SSSR count).